The van der Waals surface area contributed by atoms with Gasteiger partial charge in [-0.3, -0.25) is 0 Å². The topological polar surface area (TPSA) is 21.7 Å². The Morgan fingerprint density at radius 2 is 2.08 bits per heavy atom. The van der Waals surface area contributed by atoms with Gasteiger partial charge in [0.25, 0.3) is 0 Å². The summed E-state index contributed by atoms with van der Waals surface area (Å²) in [6.45, 7) is 4.81. The fourth-order valence-electron chi connectivity index (χ4n) is 3.45. The zero-order chi connectivity index (χ0) is 18.6. The van der Waals surface area contributed by atoms with Crippen molar-refractivity contribution in [3.05, 3.63) is 33.8 Å². The van der Waals surface area contributed by atoms with Gasteiger partial charge in [-0.15, -0.1) is 0 Å². The highest BCUT2D eigenvalue weighted by atomic mass is 35.5. The van der Waals surface area contributed by atoms with E-state index in [1.54, 1.807) is 17.8 Å². The standard InChI is InChI=1S/C19H25Cl2NO2S2/c1-2-6-15-12-23-19(24-15,16-8-7-14(20)11-17(16)21)13-26-18(25)22-9-4-3-5-10-22/h7-8,11,15H,2-6,9-10,12-13H2,1H3. The summed E-state index contributed by atoms with van der Waals surface area (Å²) in [6.07, 6.45) is 5.81. The maximum Gasteiger partial charge on any atom is 0.206 e. The lowest BCUT2D eigenvalue weighted by Gasteiger charge is -2.32. The molecule has 1 aromatic carbocycles. The summed E-state index contributed by atoms with van der Waals surface area (Å²) in [5.41, 5.74) is 0.830. The van der Waals surface area contributed by atoms with Crippen molar-refractivity contribution < 1.29 is 9.47 Å². The number of thiocarbonyl (C=S) groups is 1. The Kier molecular flexibility index (Phi) is 7.51. The van der Waals surface area contributed by atoms with E-state index in [2.05, 4.69) is 11.8 Å². The molecular weight excluding hydrogens is 409 g/mol. The van der Waals surface area contributed by atoms with Crippen LogP contribution in [-0.4, -0.2) is 40.8 Å². The van der Waals surface area contributed by atoms with Crippen LogP contribution in [0.4, 0.5) is 0 Å². The van der Waals surface area contributed by atoms with Crippen molar-refractivity contribution in [2.75, 3.05) is 25.4 Å². The minimum Gasteiger partial charge on any atom is -0.358 e. The van der Waals surface area contributed by atoms with E-state index < -0.39 is 5.79 Å². The Balaban J connectivity index is 1.76. The van der Waals surface area contributed by atoms with Gasteiger partial charge >= 0.3 is 0 Å². The smallest absolute Gasteiger partial charge is 0.206 e. The molecule has 0 N–H and O–H groups in total. The van der Waals surface area contributed by atoms with E-state index in [0.29, 0.717) is 22.4 Å². The number of hydrogen-bond acceptors (Lipinski definition) is 4. The number of nitrogens with zero attached hydrogens (tertiary/aromatic N) is 1. The molecule has 144 valence electrons. The molecule has 7 heteroatoms. The van der Waals surface area contributed by atoms with Gasteiger partial charge in [0.05, 0.1) is 23.5 Å². The summed E-state index contributed by atoms with van der Waals surface area (Å²) < 4.78 is 13.5. The number of hydrogen-bond donors (Lipinski definition) is 0. The normalized spacial score (nSPS) is 26.3. The van der Waals surface area contributed by atoms with Crippen LogP contribution in [0.2, 0.25) is 10.0 Å². The summed E-state index contributed by atoms with van der Waals surface area (Å²) >= 11 is 19.9. The third-order valence-corrected chi connectivity index (χ3v) is 7.00. The van der Waals surface area contributed by atoms with Crippen LogP contribution in [0.3, 0.4) is 0 Å². The Bertz CT molecular complexity index is 640. The predicted molar refractivity (Wildman–Crippen MR) is 114 cm³/mol. The van der Waals surface area contributed by atoms with Gasteiger partial charge in [-0.2, -0.15) is 0 Å². The van der Waals surface area contributed by atoms with E-state index in [0.717, 1.165) is 35.8 Å². The third-order valence-electron chi connectivity index (χ3n) is 4.81. The number of rotatable bonds is 5. The van der Waals surface area contributed by atoms with Crippen LogP contribution < -0.4 is 0 Å². The molecule has 2 aliphatic heterocycles. The van der Waals surface area contributed by atoms with Gasteiger partial charge in [-0.1, -0.05) is 66.6 Å². The Hall–Kier alpha value is -0.0400. The van der Waals surface area contributed by atoms with E-state index in [-0.39, 0.29) is 6.10 Å². The third kappa shape index (κ3) is 4.86. The van der Waals surface area contributed by atoms with Gasteiger partial charge in [-0.05, 0) is 37.8 Å². The lowest BCUT2D eigenvalue weighted by molar-refractivity contribution is -0.157. The van der Waals surface area contributed by atoms with Crippen LogP contribution in [0.15, 0.2) is 18.2 Å². The van der Waals surface area contributed by atoms with Gasteiger partial charge in [0.1, 0.15) is 4.32 Å². The molecule has 0 amide bonds. The summed E-state index contributed by atoms with van der Waals surface area (Å²) in [6, 6.07) is 5.48. The first-order chi connectivity index (χ1) is 12.5. The SMILES string of the molecule is CCCC1COC(CSC(=S)N2CCCCC2)(c2ccc(Cl)cc2Cl)O1. The summed E-state index contributed by atoms with van der Waals surface area (Å²) in [4.78, 5) is 2.29. The molecule has 3 nitrogen and oxygen atoms in total. The van der Waals surface area contributed by atoms with Crippen molar-refractivity contribution in [2.45, 2.75) is 50.9 Å². The number of likely N-dealkylation sites (tertiary alicyclic amines) is 1. The van der Waals surface area contributed by atoms with Crippen LogP contribution in [-0.2, 0) is 15.3 Å². The number of thioether (sulfide) groups is 1. The highest BCUT2D eigenvalue weighted by molar-refractivity contribution is 8.22. The van der Waals surface area contributed by atoms with Crippen molar-refractivity contribution in [3.8, 4) is 0 Å². The number of halogens is 2. The first kappa shape index (κ1) is 20.7. The maximum atomic E-state index is 6.49. The minimum absolute atomic E-state index is 0.0795. The summed E-state index contributed by atoms with van der Waals surface area (Å²) in [5.74, 6) is -0.282. The molecule has 3 rings (SSSR count). The molecule has 0 bridgehead atoms. The van der Waals surface area contributed by atoms with Crippen LogP contribution in [0, 0.1) is 0 Å². The largest absolute Gasteiger partial charge is 0.358 e. The second-order valence-corrected chi connectivity index (χ2v) is 9.27. The summed E-state index contributed by atoms with van der Waals surface area (Å²) in [5, 5.41) is 1.17. The van der Waals surface area contributed by atoms with Crippen molar-refractivity contribution in [1.82, 2.24) is 4.90 Å². The van der Waals surface area contributed by atoms with Crippen LogP contribution in [0.5, 0.6) is 0 Å². The van der Waals surface area contributed by atoms with E-state index in [9.17, 15) is 0 Å². The fourth-order valence-corrected chi connectivity index (χ4v) is 5.34. The molecule has 2 fully saturated rings. The Morgan fingerprint density at radius 3 is 2.77 bits per heavy atom. The minimum atomic E-state index is -0.869. The summed E-state index contributed by atoms with van der Waals surface area (Å²) in [7, 11) is 0. The molecule has 26 heavy (non-hydrogen) atoms. The highest BCUT2D eigenvalue weighted by Crippen LogP contribution is 2.42. The predicted octanol–water partition coefficient (Wildman–Crippen LogP) is 5.87. The number of benzene rings is 1. The van der Waals surface area contributed by atoms with Crippen LogP contribution in [0.25, 0.3) is 0 Å². The van der Waals surface area contributed by atoms with Crippen LogP contribution in [0.1, 0.15) is 44.6 Å². The fraction of sp³-hybridized carbons (Fsp3) is 0.632. The molecule has 0 spiro atoms. The number of piperidine rings is 1. The first-order valence-corrected chi connectivity index (χ1v) is 11.4. The molecule has 1 aromatic rings. The van der Waals surface area contributed by atoms with E-state index >= 15 is 0 Å². The molecule has 0 saturated carbocycles. The van der Waals surface area contributed by atoms with Crippen molar-refractivity contribution in [3.63, 3.8) is 0 Å². The Labute approximate surface area is 175 Å². The van der Waals surface area contributed by atoms with Gasteiger partial charge in [-0.25, -0.2) is 0 Å². The molecular formula is C19H25Cl2NO2S2. The molecule has 2 atom stereocenters. The lowest BCUT2D eigenvalue weighted by atomic mass is 10.1. The van der Waals surface area contributed by atoms with Gasteiger partial charge in [0, 0.05) is 23.7 Å². The molecule has 0 radical (unpaired) electrons. The maximum absolute atomic E-state index is 6.49. The second kappa shape index (κ2) is 9.44. The first-order valence-electron chi connectivity index (χ1n) is 9.23. The van der Waals surface area contributed by atoms with Crippen LogP contribution >= 0.6 is 47.2 Å². The van der Waals surface area contributed by atoms with Crippen molar-refractivity contribution in [1.29, 1.82) is 0 Å². The van der Waals surface area contributed by atoms with E-state index in [1.165, 1.54) is 19.3 Å². The van der Waals surface area contributed by atoms with Crippen molar-refractivity contribution in [2.24, 2.45) is 0 Å². The van der Waals surface area contributed by atoms with E-state index in [4.69, 9.17) is 44.9 Å². The van der Waals surface area contributed by atoms with Gasteiger partial charge in [0.2, 0.25) is 5.79 Å². The monoisotopic (exact) mass is 433 g/mol. The van der Waals surface area contributed by atoms with Gasteiger partial charge < -0.3 is 14.4 Å². The zero-order valence-corrected chi connectivity index (χ0v) is 18.2. The molecule has 0 aliphatic carbocycles. The quantitative estimate of drug-likeness (QED) is 0.540. The number of ether oxygens (including phenoxy) is 2. The average Bonchev–Trinajstić information content (AvgIpc) is 3.05. The molecule has 0 aromatic heterocycles. The zero-order valence-electron chi connectivity index (χ0n) is 15.0. The Morgan fingerprint density at radius 1 is 1.31 bits per heavy atom. The molecule has 2 aliphatic rings. The second-order valence-electron chi connectivity index (χ2n) is 6.82. The molecule has 2 heterocycles. The average molecular weight is 434 g/mol. The van der Waals surface area contributed by atoms with Crippen molar-refractivity contribution >= 4 is 51.5 Å². The van der Waals surface area contributed by atoms with E-state index in [1.807, 2.05) is 12.1 Å². The molecule has 2 unspecified atom stereocenters. The highest BCUT2D eigenvalue weighted by Gasteiger charge is 2.44. The molecule has 2 saturated heterocycles. The lowest BCUT2D eigenvalue weighted by Crippen LogP contribution is -2.36. The van der Waals surface area contributed by atoms with Gasteiger partial charge in [0.15, 0.2) is 0 Å².